The quantitative estimate of drug-likeness (QED) is 0.856. The number of hydrogen-bond acceptors (Lipinski definition) is 2. The average Bonchev–Trinajstić information content (AvgIpc) is 2.52. The van der Waals surface area contributed by atoms with Crippen molar-refractivity contribution < 1.29 is 4.79 Å². The fourth-order valence-corrected chi connectivity index (χ4v) is 2.29. The molecule has 0 spiro atoms. The van der Waals surface area contributed by atoms with E-state index in [0.29, 0.717) is 19.5 Å². The number of aryl methyl sites for hydroxylation is 2. The highest BCUT2D eigenvalue weighted by atomic mass is 16.1. The van der Waals surface area contributed by atoms with Gasteiger partial charge in [-0.25, -0.2) is 0 Å². The molecule has 3 heteroatoms. The highest BCUT2D eigenvalue weighted by Crippen LogP contribution is 2.09. The Morgan fingerprint density at radius 1 is 1.10 bits per heavy atom. The molecule has 2 rings (SSSR count). The van der Waals surface area contributed by atoms with Crippen LogP contribution in [-0.4, -0.2) is 5.91 Å². The van der Waals surface area contributed by atoms with Gasteiger partial charge in [-0.05, 0) is 35.6 Å². The van der Waals surface area contributed by atoms with Gasteiger partial charge in [-0.2, -0.15) is 0 Å². The van der Waals surface area contributed by atoms with E-state index in [-0.39, 0.29) is 5.91 Å². The molecule has 21 heavy (non-hydrogen) atoms. The van der Waals surface area contributed by atoms with Crippen LogP contribution >= 0.6 is 0 Å². The SMILES string of the molecule is Cc1ccccc1CCC(=O)NCc1cccc(CN)c1. The van der Waals surface area contributed by atoms with Gasteiger partial charge < -0.3 is 11.1 Å². The predicted octanol–water partition coefficient (Wildman–Crippen LogP) is 2.70. The minimum Gasteiger partial charge on any atom is -0.352 e. The maximum absolute atomic E-state index is 11.9. The first kappa shape index (κ1) is 15.3. The lowest BCUT2D eigenvalue weighted by Crippen LogP contribution is -2.23. The molecule has 2 aromatic carbocycles. The zero-order valence-corrected chi connectivity index (χ0v) is 12.4. The molecule has 3 N–H and O–H groups in total. The molecule has 0 heterocycles. The van der Waals surface area contributed by atoms with Crippen LogP contribution in [0.5, 0.6) is 0 Å². The van der Waals surface area contributed by atoms with Crippen molar-refractivity contribution in [2.45, 2.75) is 32.9 Å². The smallest absolute Gasteiger partial charge is 0.220 e. The van der Waals surface area contributed by atoms with Crippen molar-refractivity contribution in [1.82, 2.24) is 5.32 Å². The van der Waals surface area contributed by atoms with Gasteiger partial charge in [0, 0.05) is 19.5 Å². The van der Waals surface area contributed by atoms with E-state index in [1.165, 1.54) is 11.1 Å². The van der Waals surface area contributed by atoms with Gasteiger partial charge in [-0.15, -0.1) is 0 Å². The Morgan fingerprint density at radius 2 is 1.86 bits per heavy atom. The zero-order chi connectivity index (χ0) is 15.1. The third-order valence-electron chi connectivity index (χ3n) is 3.60. The number of hydrogen-bond donors (Lipinski definition) is 2. The molecule has 0 aliphatic carbocycles. The summed E-state index contributed by atoms with van der Waals surface area (Å²) in [6.07, 6.45) is 1.29. The Labute approximate surface area is 126 Å². The molecule has 0 fully saturated rings. The number of rotatable bonds is 6. The van der Waals surface area contributed by atoms with E-state index in [1.807, 2.05) is 36.4 Å². The molecule has 0 saturated carbocycles. The van der Waals surface area contributed by atoms with Crippen LogP contribution in [0.3, 0.4) is 0 Å². The summed E-state index contributed by atoms with van der Waals surface area (Å²) in [5, 5.41) is 2.96. The summed E-state index contributed by atoms with van der Waals surface area (Å²) in [7, 11) is 0. The minimum absolute atomic E-state index is 0.0800. The van der Waals surface area contributed by atoms with E-state index in [9.17, 15) is 4.79 Å². The zero-order valence-electron chi connectivity index (χ0n) is 12.4. The van der Waals surface area contributed by atoms with Gasteiger partial charge in [0.15, 0.2) is 0 Å². The topological polar surface area (TPSA) is 55.1 Å². The molecule has 0 radical (unpaired) electrons. The average molecular weight is 282 g/mol. The van der Waals surface area contributed by atoms with Crippen molar-refractivity contribution >= 4 is 5.91 Å². The van der Waals surface area contributed by atoms with E-state index in [1.54, 1.807) is 0 Å². The number of carbonyl (C=O) groups excluding carboxylic acids is 1. The van der Waals surface area contributed by atoms with Crippen LogP contribution in [0.4, 0.5) is 0 Å². The Morgan fingerprint density at radius 3 is 2.62 bits per heavy atom. The second-order valence-corrected chi connectivity index (χ2v) is 5.23. The van der Waals surface area contributed by atoms with Gasteiger partial charge in [-0.3, -0.25) is 4.79 Å². The van der Waals surface area contributed by atoms with Gasteiger partial charge >= 0.3 is 0 Å². The van der Waals surface area contributed by atoms with Gasteiger partial charge in [0.2, 0.25) is 5.91 Å². The molecule has 0 bridgehead atoms. The van der Waals surface area contributed by atoms with Crippen molar-refractivity contribution in [2.24, 2.45) is 5.73 Å². The van der Waals surface area contributed by atoms with Crippen LogP contribution in [0, 0.1) is 6.92 Å². The molecular weight excluding hydrogens is 260 g/mol. The second-order valence-electron chi connectivity index (χ2n) is 5.23. The first-order valence-corrected chi connectivity index (χ1v) is 7.28. The summed E-state index contributed by atoms with van der Waals surface area (Å²) in [6.45, 7) is 3.15. The van der Waals surface area contributed by atoms with Crippen LogP contribution < -0.4 is 11.1 Å². The van der Waals surface area contributed by atoms with Crippen molar-refractivity contribution in [1.29, 1.82) is 0 Å². The Kier molecular flexibility index (Phi) is 5.52. The van der Waals surface area contributed by atoms with Crippen molar-refractivity contribution in [3.05, 3.63) is 70.8 Å². The van der Waals surface area contributed by atoms with Crippen LogP contribution in [-0.2, 0) is 24.3 Å². The first-order chi connectivity index (χ1) is 10.2. The minimum atomic E-state index is 0.0800. The molecule has 0 saturated heterocycles. The number of amides is 1. The number of nitrogens with two attached hydrogens (primary N) is 1. The monoisotopic (exact) mass is 282 g/mol. The summed E-state index contributed by atoms with van der Waals surface area (Å²) in [5.41, 5.74) is 10.3. The van der Waals surface area contributed by atoms with E-state index < -0.39 is 0 Å². The Bertz CT molecular complexity index is 608. The van der Waals surface area contributed by atoms with Crippen LogP contribution in [0.2, 0.25) is 0 Å². The van der Waals surface area contributed by atoms with Crippen molar-refractivity contribution in [3.63, 3.8) is 0 Å². The molecule has 0 aliphatic heterocycles. The highest BCUT2D eigenvalue weighted by Gasteiger charge is 2.04. The fraction of sp³-hybridized carbons (Fsp3) is 0.278. The van der Waals surface area contributed by atoms with Crippen LogP contribution in [0.1, 0.15) is 28.7 Å². The van der Waals surface area contributed by atoms with E-state index in [0.717, 1.165) is 17.5 Å². The maximum Gasteiger partial charge on any atom is 0.220 e. The van der Waals surface area contributed by atoms with Crippen LogP contribution in [0.25, 0.3) is 0 Å². The summed E-state index contributed by atoms with van der Waals surface area (Å²) in [6, 6.07) is 16.2. The predicted molar refractivity (Wildman–Crippen MR) is 85.7 cm³/mol. The van der Waals surface area contributed by atoms with E-state index >= 15 is 0 Å². The molecule has 3 nitrogen and oxygen atoms in total. The standard InChI is InChI=1S/C18H22N2O/c1-14-5-2-3-8-17(14)9-10-18(21)20-13-16-7-4-6-15(11-16)12-19/h2-8,11H,9-10,12-13,19H2,1H3,(H,20,21). The number of carbonyl (C=O) groups is 1. The van der Waals surface area contributed by atoms with Gasteiger partial charge in [-0.1, -0.05) is 48.5 Å². The third kappa shape index (κ3) is 4.72. The van der Waals surface area contributed by atoms with Gasteiger partial charge in [0.1, 0.15) is 0 Å². The second kappa shape index (κ2) is 7.60. The maximum atomic E-state index is 11.9. The normalized spacial score (nSPS) is 10.4. The summed E-state index contributed by atoms with van der Waals surface area (Å²) >= 11 is 0. The highest BCUT2D eigenvalue weighted by molar-refractivity contribution is 5.76. The van der Waals surface area contributed by atoms with Gasteiger partial charge in [0.25, 0.3) is 0 Å². The van der Waals surface area contributed by atoms with E-state index in [4.69, 9.17) is 5.73 Å². The molecule has 1 amide bonds. The molecule has 110 valence electrons. The lowest BCUT2D eigenvalue weighted by atomic mass is 10.0. The summed E-state index contributed by atoms with van der Waals surface area (Å²) in [5.74, 6) is 0.0800. The first-order valence-electron chi connectivity index (χ1n) is 7.28. The Balaban J connectivity index is 1.81. The van der Waals surface area contributed by atoms with E-state index in [2.05, 4.69) is 24.4 Å². The summed E-state index contributed by atoms with van der Waals surface area (Å²) < 4.78 is 0. The molecule has 0 atom stereocenters. The van der Waals surface area contributed by atoms with Crippen LogP contribution in [0.15, 0.2) is 48.5 Å². The molecule has 0 aromatic heterocycles. The molecular formula is C18H22N2O. The lowest BCUT2D eigenvalue weighted by molar-refractivity contribution is -0.121. The largest absolute Gasteiger partial charge is 0.352 e. The third-order valence-corrected chi connectivity index (χ3v) is 3.60. The van der Waals surface area contributed by atoms with Gasteiger partial charge in [0.05, 0.1) is 0 Å². The summed E-state index contributed by atoms with van der Waals surface area (Å²) in [4.78, 5) is 11.9. The molecule has 2 aromatic rings. The lowest BCUT2D eigenvalue weighted by Gasteiger charge is -2.08. The van der Waals surface area contributed by atoms with Crippen molar-refractivity contribution in [2.75, 3.05) is 0 Å². The number of nitrogens with one attached hydrogen (secondary N) is 1. The fourth-order valence-electron chi connectivity index (χ4n) is 2.29. The van der Waals surface area contributed by atoms with Crippen molar-refractivity contribution in [3.8, 4) is 0 Å². The molecule has 0 aliphatic rings. The molecule has 0 unspecified atom stereocenters. The number of benzene rings is 2. The Hall–Kier alpha value is -2.13.